The standard InChI is InChI=1S/C38H56F3N3O7/c1-9-10-11-25(45)30(47)23(16-17-38(39,40)41)18-26(46)29-27-24(37(27,7)8)19-44(29)33(48)32(36(4,5)6)43-35(50)42-28(20(2)3)34(49)51-31(21-12-13-21)22-14-15-22/h9,20-24,27-29,31-32H,1,10-19H2,2-8H3,(H2,42,43,50)/t23?,24-,27-,28-,29+,32+/m0/s1. The van der Waals surface area contributed by atoms with Crippen molar-refractivity contribution in [1.29, 1.82) is 0 Å². The molecule has 4 rings (SSSR count). The Balaban J connectivity index is 1.50. The normalized spacial score (nSPS) is 24.3. The quantitative estimate of drug-likeness (QED) is 0.101. The Morgan fingerprint density at radius 1 is 0.980 bits per heavy atom. The molecule has 10 nitrogen and oxygen atoms in total. The van der Waals surface area contributed by atoms with E-state index < -0.39 is 90.2 Å². The van der Waals surface area contributed by atoms with Gasteiger partial charge in [-0.25, -0.2) is 9.59 Å². The van der Waals surface area contributed by atoms with Gasteiger partial charge in [-0.3, -0.25) is 19.2 Å². The maximum Gasteiger partial charge on any atom is 0.389 e. The fraction of sp³-hybridized carbons (Fsp3) is 0.789. The number of ketones is 3. The molecule has 3 amide bonds. The Morgan fingerprint density at radius 2 is 1.57 bits per heavy atom. The first-order chi connectivity index (χ1) is 23.6. The molecule has 0 spiro atoms. The summed E-state index contributed by atoms with van der Waals surface area (Å²) in [4.78, 5) is 82.2. The van der Waals surface area contributed by atoms with E-state index in [0.717, 1.165) is 25.7 Å². The molecule has 1 heterocycles. The predicted octanol–water partition coefficient (Wildman–Crippen LogP) is 5.96. The van der Waals surface area contributed by atoms with Crippen molar-refractivity contribution < 1.29 is 46.7 Å². The molecule has 0 aromatic rings. The van der Waals surface area contributed by atoms with E-state index in [1.807, 2.05) is 13.8 Å². The van der Waals surface area contributed by atoms with Crippen LogP contribution in [0.5, 0.6) is 0 Å². The van der Waals surface area contributed by atoms with Gasteiger partial charge in [0.1, 0.15) is 18.2 Å². The van der Waals surface area contributed by atoms with E-state index in [1.54, 1.807) is 34.6 Å². The zero-order valence-corrected chi connectivity index (χ0v) is 31.1. The lowest BCUT2D eigenvalue weighted by Gasteiger charge is -2.38. The van der Waals surface area contributed by atoms with Gasteiger partial charge in [-0.1, -0.05) is 54.5 Å². The van der Waals surface area contributed by atoms with Crippen molar-refractivity contribution in [2.75, 3.05) is 6.54 Å². The molecule has 51 heavy (non-hydrogen) atoms. The molecule has 0 aromatic carbocycles. The van der Waals surface area contributed by atoms with E-state index in [-0.39, 0.29) is 48.7 Å². The third-order valence-electron chi connectivity index (χ3n) is 11.3. The van der Waals surface area contributed by atoms with Crippen LogP contribution in [0, 0.1) is 46.3 Å². The predicted molar refractivity (Wildman–Crippen MR) is 183 cm³/mol. The molecule has 1 aliphatic heterocycles. The molecule has 0 aromatic heterocycles. The van der Waals surface area contributed by atoms with Gasteiger partial charge in [0, 0.05) is 31.7 Å². The van der Waals surface area contributed by atoms with Crippen molar-refractivity contribution in [1.82, 2.24) is 15.5 Å². The van der Waals surface area contributed by atoms with E-state index in [0.29, 0.717) is 11.8 Å². The number of carbonyl (C=O) groups is 6. The fourth-order valence-electron chi connectivity index (χ4n) is 7.75. The van der Waals surface area contributed by atoms with E-state index in [4.69, 9.17) is 4.74 Å². The van der Waals surface area contributed by atoms with E-state index >= 15 is 0 Å². The number of alkyl halides is 3. The van der Waals surface area contributed by atoms with Crippen LogP contribution in [0.1, 0.15) is 106 Å². The first-order valence-electron chi connectivity index (χ1n) is 18.4. The van der Waals surface area contributed by atoms with Gasteiger partial charge in [0.25, 0.3) is 0 Å². The van der Waals surface area contributed by atoms with Crippen LogP contribution in [0.25, 0.3) is 0 Å². The topological polar surface area (TPSA) is 139 Å². The molecule has 4 fully saturated rings. The number of nitrogens with one attached hydrogen (secondary N) is 2. The number of Topliss-reactive ketones (excluding diaryl/α,β-unsaturated/α-hetero) is 3. The maximum atomic E-state index is 14.3. The Morgan fingerprint density at radius 3 is 2.06 bits per heavy atom. The number of hydrogen-bond acceptors (Lipinski definition) is 7. The third-order valence-corrected chi connectivity index (χ3v) is 11.3. The molecule has 3 saturated carbocycles. The number of fused-ring (bicyclic) bond motifs is 1. The van der Waals surface area contributed by atoms with Gasteiger partial charge in [-0.15, -0.1) is 6.58 Å². The lowest BCUT2D eigenvalue weighted by molar-refractivity contribution is -0.155. The highest BCUT2D eigenvalue weighted by molar-refractivity contribution is 6.38. The van der Waals surface area contributed by atoms with Gasteiger partial charge in [-0.05, 0) is 78.9 Å². The number of piperidine rings is 1. The highest BCUT2D eigenvalue weighted by atomic mass is 19.4. The van der Waals surface area contributed by atoms with E-state index in [2.05, 4.69) is 17.2 Å². The summed E-state index contributed by atoms with van der Waals surface area (Å²) in [5.74, 6) is -5.00. The number of esters is 1. The van der Waals surface area contributed by atoms with Crippen LogP contribution >= 0.6 is 0 Å². The van der Waals surface area contributed by atoms with Gasteiger partial charge < -0.3 is 20.3 Å². The molecule has 1 saturated heterocycles. The minimum Gasteiger partial charge on any atom is -0.460 e. The summed E-state index contributed by atoms with van der Waals surface area (Å²) in [5.41, 5.74) is -1.20. The summed E-state index contributed by atoms with van der Waals surface area (Å²) >= 11 is 0. The van der Waals surface area contributed by atoms with Crippen molar-refractivity contribution in [3.63, 3.8) is 0 Å². The SMILES string of the molecule is C=CCCC(=O)C(=O)C(CCC(F)(F)F)CC(=O)[C@@H]1[C@@H]2[C@H](CN1C(=O)[C@@H](NC(=O)N[C@H](C(=O)OC(C1CC1)C1CC1)C(C)C)C(C)(C)C)C2(C)C. The Bertz CT molecular complexity index is 1370. The summed E-state index contributed by atoms with van der Waals surface area (Å²) in [6.45, 7) is 16.4. The first-order valence-corrected chi connectivity index (χ1v) is 18.4. The highest BCUT2D eigenvalue weighted by Gasteiger charge is 2.69. The van der Waals surface area contributed by atoms with Gasteiger partial charge in [-0.2, -0.15) is 13.2 Å². The van der Waals surface area contributed by atoms with Crippen molar-refractivity contribution in [3.8, 4) is 0 Å². The first kappa shape index (κ1) is 40.5. The van der Waals surface area contributed by atoms with E-state index in [1.165, 1.54) is 11.0 Å². The molecule has 0 radical (unpaired) electrons. The number of hydrogen-bond donors (Lipinski definition) is 2. The van der Waals surface area contributed by atoms with Crippen LogP contribution in [0.15, 0.2) is 12.7 Å². The number of nitrogens with zero attached hydrogens (tertiary/aromatic N) is 1. The molecule has 286 valence electrons. The lowest BCUT2D eigenvalue weighted by atomic mass is 9.83. The Kier molecular flexibility index (Phi) is 12.2. The van der Waals surface area contributed by atoms with Crippen LogP contribution < -0.4 is 10.6 Å². The number of amides is 3. The molecule has 13 heteroatoms. The smallest absolute Gasteiger partial charge is 0.389 e. The molecular weight excluding hydrogens is 667 g/mol. The minimum absolute atomic E-state index is 0.0747. The average Bonchev–Trinajstić information content (AvgIpc) is 3.97. The molecule has 3 aliphatic carbocycles. The number of allylic oxidation sites excluding steroid dienone is 1. The second-order valence-electron chi connectivity index (χ2n) is 17.2. The summed E-state index contributed by atoms with van der Waals surface area (Å²) in [6, 6.07) is -3.91. The average molecular weight is 724 g/mol. The van der Waals surface area contributed by atoms with Crippen LogP contribution in [0.4, 0.5) is 18.0 Å². The van der Waals surface area contributed by atoms with Crippen LogP contribution in [-0.4, -0.2) is 77.1 Å². The molecule has 2 N–H and O–H groups in total. The van der Waals surface area contributed by atoms with Crippen molar-refractivity contribution in [3.05, 3.63) is 12.7 Å². The van der Waals surface area contributed by atoms with Gasteiger partial charge in [0.15, 0.2) is 11.6 Å². The largest absolute Gasteiger partial charge is 0.460 e. The second-order valence-corrected chi connectivity index (χ2v) is 17.2. The van der Waals surface area contributed by atoms with Crippen molar-refractivity contribution in [2.24, 2.45) is 46.3 Å². The monoisotopic (exact) mass is 723 g/mol. The summed E-state index contributed by atoms with van der Waals surface area (Å²) in [5, 5.41) is 5.46. The molecule has 1 unspecified atom stereocenters. The third kappa shape index (κ3) is 10.0. The molecule has 4 aliphatic rings. The van der Waals surface area contributed by atoms with Gasteiger partial charge in [0.05, 0.1) is 6.04 Å². The van der Waals surface area contributed by atoms with Crippen LogP contribution in [0.2, 0.25) is 0 Å². The number of carbonyl (C=O) groups excluding carboxylic acids is 6. The maximum absolute atomic E-state index is 14.3. The summed E-state index contributed by atoms with van der Waals surface area (Å²) in [7, 11) is 0. The number of likely N-dealkylation sites (tertiary alicyclic amines) is 1. The second kappa shape index (κ2) is 15.4. The number of urea groups is 1. The Hall–Kier alpha value is -3.25. The minimum atomic E-state index is -4.60. The lowest BCUT2D eigenvalue weighted by Crippen LogP contribution is -2.61. The summed E-state index contributed by atoms with van der Waals surface area (Å²) in [6.07, 6.45) is -1.99. The molecule has 0 bridgehead atoms. The molecule has 6 atom stereocenters. The zero-order valence-electron chi connectivity index (χ0n) is 31.1. The van der Waals surface area contributed by atoms with Gasteiger partial charge in [0.2, 0.25) is 11.7 Å². The van der Waals surface area contributed by atoms with Crippen LogP contribution in [-0.2, 0) is 28.7 Å². The fourth-order valence-corrected chi connectivity index (χ4v) is 7.75. The highest BCUT2D eigenvalue weighted by Crippen LogP contribution is 2.65. The molecular formula is C38H56F3N3O7. The number of ether oxygens (including phenoxy) is 1. The summed E-state index contributed by atoms with van der Waals surface area (Å²) < 4.78 is 45.6. The van der Waals surface area contributed by atoms with Crippen molar-refractivity contribution >= 4 is 35.3 Å². The zero-order chi connectivity index (χ0) is 38.2. The van der Waals surface area contributed by atoms with Crippen molar-refractivity contribution in [2.45, 2.75) is 137 Å². The van der Waals surface area contributed by atoms with Crippen LogP contribution in [0.3, 0.4) is 0 Å². The number of halogens is 3. The van der Waals surface area contributed by atoms with Gasteiger partial charge >= 0.3 is 18.2 Å². The van der Waals surface area contributed by atoms with E-state index in [9.17, 15) is 41.9 Å². The Labute approximate surface area is 299 Å². The number of rotatable bonds is 18.